The van der Waals surface area contributed by atoms with E-state index >= 15 is 0 Å². The minimum atomic E-state index is -4.39. The van der Waals surface area contributed by atoms with Crippen molar-refractivity contribution in [1.82, 2.24) is 19.9 Å². The van der Waals surface area contributed by atoms with Crippen molar-refractivity contribution in [2.45, 2.75) is 38.0 Å². The van der Waals surface area contributed by atoms with Crippen molar-refractivity contribution in [2.24, 2.45) is 5.41 Å². The number of anilines is 1. The second-order valence-electron chi connectivity index (χ2n) is 8.95. The lowest BCUT2D eigenvalue weighted by atomic mass is 10.0. The van der Waals surface area contributed by atoms with Crippen molar-refractivity contribution in [3.05, 3.63) is 71.1 Å². The smallest absolute Gasteiger partial charge is 0.369 e. The van der Waals surface area contributed by atoms with Crippen LogP contribution in [0.4, 0.5) is 19.0 Å². The highest BCUT2D eigenvalue weighted by Crippen LogP contribution is 2.55. The molecule has 1 saturated carbocycles. The zero-order chi connectivity index (χ0) is 23.1. The first-order valence-electron chi connectivity index (χ1n) is 10.9. The second-order valence-corrected chi connectivity index (χ2v) is 9.38. The minimum Gasteiger partial charge on any atom is -0.369 e. The van der Waals surface area contributed by atoms with E-state index in [0.717, 1.165) is 36.4 Å². The third-order valence-corrected chi connectivity index (χ3v) is 6.77. The number of halogens is 4. The van der Waals surface area contributed by atoms with Gasteiger partial charge in [-0.1, -0.05) is 11.6 Å². The molecule has 2 aromatic heterocycles. The Hall–Kier alpha value is -2.71. The fourth-order valence-electron chi connectivity index (χ4n) is 4.64. The third kappa shape index (κ3) is 4.96. The van der Waals surface area contributed by atoms with Gasteiger partial charge in [-0.2, -0.15) is 13.2 Å². The van der Waals surface area contributed by atoms with Gasteiger partial charge in [0.05, 0.1) is 5.56 Å². The Labute approximate surface area is 195 Å². The second kappa shape index (κ2) is 8.57. The van der Waals surface area contributed by atoms with E-state index in [9.17, 15) is 13.2 Å². The van der Waals surface area contributed by atoms with Gasteiger partial charge in [-0.3, -0.25) is 4.90 Å². The molecule has 1 saturated heterocycles. The van der Waals surface area contributed by atoms with Crippen molar-refractivity contribution >= 4 is 17.4 Å². The molecule has 9 heteroatoms. The number of hydrogen-bond donors (Lipinski definition) is 1. The van der Waals surface area contributed by atoms with Gasteiger partial charge in [-0.25, -0.2) is 15.0 Å². The SMILES string of the molecule is FC(F)(F)c1ccc(NCC2CC3(CC3)CN2Cc2cc(Cl)ccc2-c2ncccn2)nc1. The quantitative estimate of drug-likeness (QED) is 0.499. The largest absolute Gasteiger partial charge is 0.417 e. The van der Waals surface area contributed by atoms with Gasteiger partial charge in [0.15, 0.2) is 5.82 Å². The maximum Gasteiger partial charge on any atom is 0.417 e. The van der Waals surface area contributed by atoms with E-state index in [-0.39, 0.29) is 6.04 Å². The molecular weight excluding hydrogens is 451 g/mol. The molecule has 1 aromatic carbocycles. The third-order valence-electron chi connectivity index (χ3n) is 6.54. The molecule has 1 aliphatic carbocycles. The molecule has 2 fully saturated rings. The van der Waals surface area contributed by atoms with Gasteiger partial charge in [0.1, 0.15) is 5.82 Å². The van der Waals surface area contributed by atoms with Gasteiger partial charge in [0, 0.05) is 54.9 Å². The highest BCUT2D eigenvalue weighted by Gasteiger charge is 2.51. The topological polar surface area (TPSA) is 53.9 Å². The molecule has 33 heavy (non-hydrogen) atoms. The molecule has 172 valence electrons. The lowest BCUT2D eigenvalue weighted by Gasteiger charge is -2.26. The number of aromatic nitrogens is 3. The first-order chi connectivity index (χ1) is 15.8. The van der Waals surface area contributed by atoms with Crippen LogP contribution < -0.4 is 5.32 Å². The summed E-state index contributed by atoms with van der Waals surface area (Å²) < 4.78 is 38.4. The Balaban J connectivity index is 1.32. The Kier molecular flexibility index (Phi) is 5.74. The van der Waals surface area contributed by atoms with Crippen molar-refractivity contribution in [2.75, 3.05) is 18.4 Å². The zero-order valence-corrected chi connectivity index (χ0v) is 18.6. The number of benzene rings is 1. The fourth-order valence-corrected chi connectivity index (χ4v) is 4.83. The number of pyridine rings is 1. The maximum absolute atomic E-state index is 12.8. The Morgan fingerprint density at radius 2 is 1.88 bits per heavy atom. The average molecular weight is 474 g/mol. The van der Waals surface area contributed by atoms with E-state index < -0.39 is 11.7 Å². The summed E-state index contributed by atoms with van der Waals surface area (Å²) in [6.07, 6.45) is 3.40. The van der Waals surface area contributed by atoms with E-state index in [2.05, 4.69) is 25.2 Å². The highest BCUT2D eigenvalue weighted by atomic mass is 35.5. The van der Waals surface area contributed by atoms with Crippen molar-refractivity contribution in [3.63, 3.8) is 0 Å². The van der Waals surface area contributed by atoms with Gasteiger partial charge in [-0.05, 0) is 66.6 Å². The minimum absolute atomic E-state index is 0.236. The van der Waals surface area contributed by atoms with Crippen molar-refractivity contribution in [3.8, 4) is 11.4 Å². The van der Waals surface area contributed by atoms with Crippen LogP contribution in [0.5, 0.6) is 0 Å². The highest BCUT2D eigenvalue weighted by molar-refractivity contribution is 6.30. The van der Waals surface area contributed by atoms with Crippen LogP contribution in [-0.4, -0.2) is 39.0 Å². The summed E-state index contributed by atoms with van der Waals surface area (Å²) in [6.45, 7) is 2.29. The summed E-state index contributed by atoms with van der Waals surface area (Å²) in [4.78, 5) is 15.2. The molecule has 0 bridgehead atoms. The molecule has 0 radical (unpaired) electrons. The molecule has 1 unspecified atom stereocenters. The first kappa shape index (κ1) is 22.1. The van der Waals surface area contributed by atoms with E-state index in [4.69, 9.17) is 11.6 Å². The van der Waals surface area contributed by atoms with Crippen LogP contribution in [-0.2, 0) is 12.7 Å². The number of nitrogens with zero attached hydrogens (tertiary/aromatic N) is 4. The van der Waals surface area contributed by atoms with E-state index in [0.29, 0.717) is 35.2 Å². The predicted octanol–water partition coefficient (Wildman–Crippen LogP) is 5.68. The summed E-state index contributed by atoms with van der Waals surface area (Å²) in [5, 5.41) is 3.89. The average Bonchev–Trinajstić information content (AvgIpc) is 3.46. The van der Waals surface area contributed by atoms with Gasteiger partial charge in [0.2, 0.25) is 0 Å². The molecule has 5 rings (SSSR count). The number of likely N-dealkylation sites (tertiary alicyclic amines) is 1. The molecule has 0 amide bonds. The molecule has 1 N–H and O–H groups in total. The van der Waals surface area contributed by atoms with Crippen LogP contribution in [0.1, 0.15) is 30.4 Å². The Morgan fingerprint density at radius 1 is 1.09 bits per heavy atom. The molecule has 1 aliphatic heterocycles. The predicted molar refractivity (Wildman–Crippen MR) is 121 cm³/mol. The van der Waals surface area contributed by atoms with Crippen LogP contribution in [0.3, 0.4) is 0 Å². The monoisotopic (exact) mass is 473 g/mol. The van der Waals surface area contributed by atoms with E-state index in [1.165, 1.54) is 18.9 Å². The van der Waals surface area contributed by atoms with Gasteiger partial charge < -0.3 is 5.32 Å². The van der Waals surface area contributed by atoms with E-state index in [1.807, 2.05) is 18.2 Å². The molecule has 5 nitrogen and oxygen atoms in total. The van der Waals surface area contributed by atoms with E-state index in [1.54, 1.807) is 18.5 Å². The van der Waals surface area contributed by atoms with Crippen molar-refractivity contribution < 1.29 is 13.2 Å². The Morgan fingerprint density at radius 3 is 2.55 bits per heavy atom. The zero-order valence-electron chi connectivity index (χ0n) is 17.8. The normalized spacial score (nSPS) is 19.7. The molecule has 2 aliphatic rings. The molecule has 3 aromatic rings. The lowest BCUT2D eigenvalue weighted by Crippen LogP contribution is -2.34. The number of alkyl halides is 3. The Bertz CT molecular complexity index is 1120. The number of hydrogen-bond acceptors (Lipinski definition) is 5. The van der Waals surface area contributed by atoms with Crippen LogP contribution in [0.15, 0.2) is 55.0 Å². The molecule has 3 heterocycles. The van der Waals surface area contributed by atoms with Crippen LogP contribution in [0.2, 0.25) is 5.02 Å². The molecule has 1 atom stereocenters. The van der Waals surface area contributed by atoms with Crippen molar-refractivity contribution in [1.29, 1.82) is 0 Å². The maximum atomic E-state index is 12.8. The van der Waals surface area contributed by atoms with Crippen LogP contribution in [0, 0.1) is 5.41 Å². The lowest BCUT2D eigenvalue weighted by molar-refractivity contribution is -0.137. The molecular formula is C24H23ClF3N5. The standard InChI is InChI=1S/C24H23ClF3N5/c25-18-3-4-20(22-29-8-1-9-30-22)16(10-18)14-33-15-23(6-7-23)11-19(33)13-32-21-5-2-17(12-31-21)24(26,27)28/h1-5,8-10,12,19H,6-7,11,13-15H2,(H,31,32). The first-order valence-corrected chi connectivity index (χ1v) is 11.3. The van der Waals surface area contributed by atoms with Crippen LogP contribution in [0.25, 0.3) is 11.4 Å². The summed E-state index contributed by atoms with van der Waals surface area (Å²) in [7, 11) is 0. The number of nitrogens with one attached hydrogen (secondary N) is 1. The van der Waals surface area contributed by atoms with Gasteiger partial charge in [0.25, 0.3) is 0 Å². The van der Waals surface area contributed by atoms with Crippen LogP contribution >= 0.6 is 11.6 Å². The summed E-state index contributed by atoms with van der Waals surface area (Å²) in [5.74, 6) is 1.11. The van der Waals surface area contributed by atoms with Gasteiger partial charge in [-0.15, -0.1) is 0 Å². The summed E-state index contributed by atoms with van der Waals surface area (Å²) in [6, 6.07) is 10.2. The summed E-state index contributed by atoms with van der Waals surface area (Å²) >= 11 is 6.32. The summed E-state index contributed by atoms with van der Waals surface area (Å²) in [5.41, 5.74) is 1.61. The number of rotatable bonds is 6. The molecule has 1 spiro atoms. The fraction of sp³-hybridized carbons (Fsp3) is 0.375. The van der Waals surface area contributed by atoms with Gasteiger partial charge >= 0.3 is 6.18 Å².